The second-order valence-electron chi connectivity index (χ2n) is 5.97. The zero-order valence-corrected chi connectivity index (χ0v) is 15.7. The van der Waals surface area contributed by atoms with Crippen LogP contribution in [0.25, 0.3) is 11.0 Å². The normalized spacial score (nSPS) is 13.1. The molecule has 0 spiro atoms. The zero-order chi connectivity index (χ0) is 17.4. The van der Waals surface area contributed by atoms with Gasteiger partial charge in [-0.15, -0.1) is 12.4 Å². The molecule has 1 aromatic carbocycles. The van der Waals surface area contributed by atoms with Gasteiger partial charge in [0.2, 0.25) is 0 Å². The molecule has 1 aliphatic heterocycles. The van der Waals surface area contributed by atoms with Crippen molar-refractivity contribution < 1.29 is 9.53 Å². The van der Waals surface area contributed by atoms with E-state index in [1.807, 2.05) is 24.3 Å². The molecule has 2 amide bonds. The first-order chi connectivity index (χ1) is 12.1. The Hall–Kier alpha value is -2.44. The highest BCUT2D eigenvalue weighted by Crippen LogP contribution is 2.29. The van der Waals surface area contributed by atoms with E-state index < -0.39 is 0 Å². The number of aromatic amines is 1. The molecule has 0 saturated heterocycles. The van der Waals surface area contributed by atoms with Crippen molar-refractivity contribution in [3.8, 4) is 5.75 Å². The maximum Gasteiger partial charge on any atom is 0.322 e. The first-order valence-electron chi connectivity index (χ1n) is 7.99. The molecule has 0 bridgehead atoms. The third-order valence-electron chi connectivity index (χ3n) is 4.40. The second-order valence-corrected chi connectivity index (χ2v) is 6.40. The molecule has 1 aliphatic rings. The molecule has 0 saturated carbocycles. The number of pyridine rings is 1. The average molecular weight is 393 g/mol. The van der Waals surface area contributed by atoms with E-state index in [1.165, 1.54) is 0 Å². The summed E-state index contributed by atoms with van der Waals surface area (Å²) in [6.07, 6.45) is 2.38. The van der Waals surface area contributed by atoms with Crippen LogP contribution in [0.2, 0.25) is 5.02 Å². The van der Waals surface area contributed by atoms with Gasteiger partial charge in [0.25, 0.3) is 0 Å². The average Bonchev–Trinajstić information content (AvgIpc) is 2.99. The fraction of sp³-hybridized carbons (Fsp3) is 0.222. The van der Waals surface area contributed by atoms with Gasteiger partial charge in [-0.1, -0.05) is 17.7 Å². The number of ether oxygens (including phenoxy) is 1. The van der Waals surface area contributed by atoms with Crippen LogP contribution < -0.4 is 10.1 Å². The molecular weight excluding hydrogens is 375 g/mol. The molecule has 2 aromatic heterocycles. The van der Waals surface area contributed by atoms with E-state index in [0.717, 1.165) is 28.7 Å². The Balaban J connectivity index is 0.00000196. The number of urea groups is 1. The Kier molecular flexibility index (Phi) is 5.25. The summed E-state index contributed by atoms with van der Waals surface area (Å²) in [7, 11) is 1.60. The molecular formula is C18H18Cl2N4O2. The summed E-state index contributed by atoms with van der Waals surface area (Å²) >= 11 is 6.07. The van der Waals surface area contributed by atoms with Crippen LogP contribution in [0.5, 0.6) is 5.75 Å². The summed E-state index contributed by atoms with van der Waals surface area (Å²) in [5, 5.41) is 4.49. The molecule has 4 rings (SSSR count). The van der Waals surface area contributed by atoms with E-state index in [1.54, 1.807) is 24.3 Å². The van der Waals surface area contributed by atoms with E-state index in [-0.39, 0.29) is 18.4 Å². The van der Waals surface area contributed by atoms with Crippen LogP contribution in [0.15, 0.2) is 36.5 Å². The minimum Gasteiger partial charge on any atom is -0.497 e. The van der Waals surface area contributed by atoms with Gasteiger partial charge in [-0.3, -0.25) is 0 Å². The van der Waals surface area contributed by atoms with Crippen LogP contribution in [0.3, 0.4) is 0 Å². The fourth-order valence-electron chi connectivity index (χ4n) is 3.14. The molecule has 0 unspecified atom stereocenters. The fourth-order valence-corrected chi connectivity index (χ4v) is 3.30. The number of anilines is 1. The molecule has 136 valence electrons. The predicted molar refractivity (Wildman–Crippen MR) is 104 cm³/mol. The Labute approximate surface area is 161 Å². The first kappa shape index (κ1) is 18.4. The maximum atomic E-state index is 12.6. The van der Waals surface area contributed by atoms with Gasteiger partial charge < -0.3 is 19.9 Å². The summed E-state index contributed by atoms with van der Waals surface area (Å²) < 4.78 is 5.19. The molecule has 6 nitrogen and oxygen atoms in total. The van der Waals surface area contributed by atoms with Crippen LogP contribution in [0, 0.1) is 0 Å². The van der Waals surface area contributed by atoms with Crippen molar-refractivity contribution in [2.75, 3.05) is 19.0 Å². The number of hydrogen-bond donors (Lipinski definition) is 2. The summed E-state index contributed by atoms with van der Waals surface area (Å²) in [5.74, 6) is 0.705. The standard InChI is InChI=1S/C18H17ClN4O2.ClH/c1-25-13-4-2-3-12(8-13)21-18(24)23-6-5-16-15(10-23)14-7-11(19)9-20-17(14)22-16;/h2-4,7-9H,5-6,10H2,1H3,(H,20,22)(H,21,24);1H. The van der Waals surface area contributed by atoms with Crippen molar-refractivity contribution in [2.45, 2.75) is 13.0 Å². The first-order valence-corrected chi connectivity index (χ1v) is 8.37. The number of carbonyl (C=O) groups is 1. The number of nitrogens with one attached hydrogen (secondary N) is 2. The Morgan fingerprint density at radius 3 is 3.04 bits per heavy atom. The Morgan fingerprint density at radius 1 is 1.38 bits per heavy atom. The predicted octanol–water partition coefficient (Wildman–Crippen LogP) is 4.24. The third kappa shape index (κ3) is 3.43. The Bertz CT molecular complexity index is 958. The van der Waals surface area contributed by atoms with Crippen molar-refractivity contribution in [1.29, 1.82) is 0 Å². The largest absolute Gasteiger partial charge is 0.497 e. The van der Waals surface area contributed by atoms with E-state index in [2.05, 4.69) is 15.3 Å². The van der Waals surface area contributed by atoms with Crippen molar-refractivity contribution in [3.63, 3.8) is 0 Å². The second kappa shape index (κ2) is 7.43. The highest BCUT2D eigenvalue weighted by atomic mass is 35.5. The van der Waals surface area contributed by atoms with Crippen LogP contribution in [-0.4, -0.2) is 34.6 Å². The molecule has 8 heteroatoms. The smallest absolute Gasteiger partial charge is 0.322 e. The van der Waals surface area contributed by atoms with Crippen LogP contribution in [0.1, 0.15) is 11.3 Å². The van der Waals surface area contributed by atoms with Gasteiger partial charge >= 0.3 is 6.03 Å². The lowest BCUT2D eigenvalue weighted by molar-refractivity contribution is 0.206. The number of halogens is 2. The number of aromatic nitrogens is 2. The number of nitrogens with zero attached hydrogens (tertiary/aromatic N) is 2. The minimum atomic E-state index is -0.136. The number of rotatable bonds is 2. The molecule has 3 heterocycles. The van der Waals surface area contributed by atoms with Gasteiger partial charge in [0.15, 0.2) is 0 Å². The van der Waals surface area contributed by atoms with E-state index >= 15 is 0 Å². The highest BCUT2D eigenvalue weighted by Gasteiger charge is 2.24. The Morgan fingerprint density at radius 2 is 2.23 bits per heavy atom. The van der Waals surface area contributed by atoms with Gasteiger partial charge in [0.05, 0.1) is 12.1 Å². The summed E-state index contributed by atoms with van der Waals surface area (Å²) in [5.41, 5.74) is 3.72. The van der Waals surface area contributed by atoms with Gasteiger partial charge in [0.1, 0.15) is 11.4 Å². The number of carbonyl (C=O) groups excluding carboxylic acids is 1. The summed E-state index contributed by atoms with van der Waals surface area (Å²) in [4.78, 5) is 22.1. The zero-order valence-electron chi connectivity index (χ0n) is 14.1. The number of fused-ring (bicyclic) bond motifs is 3. The van der Waals surface area contributed by atoms with Gasteiger partial charge in [-0.2, -0.15) is 0 Å². The molecule has 0 aliphatic carbocycles. The lowest BCUT2D eigenvalue weighted by Crippen LogP contribution is -2.38. The van der Waals surface area contributed by atoms with E-state index in [0.29, 0.717) is 29.5 Å². The quantitative estimate of drug-likeness (QED) is 0.684. The van der Waals surface area contributed by atoms with Crippen molar-refractivity contribution >= 4 is 46.8 Å². The van der Waals surface area contributed by atoms with Crippen molar-refractivity contribution in [3.05, 3.63) is 52.8 Å². The van der Waals surface area contributed by atoms with Crippen LogP contribution in [-0.2, 0) is 13.0 Å². The number of hydrogen-bond acceptors (Lipinski definition) is 3. The van der Waals surface area contributed by atoms with Crippen molar-refractivity contribution in [2.24, 2.45) is 0 Å². The molecule has 26 heavy (non-hydrogen) atoms. The van der Waals surface area contributed by atoms with Crippen LogP contribution >= 0.6 is 24.0 Å². The molecule has 0 atom stereocenters. The van der Waals surface area contributed by atoms with Gasteiger partial charge in [0, 0.05) is 54.1 Å². The topological polar surface area (TPSA) is 70.2 Å². The monoisotopic (exact) mass is 392 g/mol. The van der Waals surface area contributed by atoms with E-state index in [4.69, 9.17) is 16.3 Å². The maximum absolute atomic E-state index is 12.6. The highest BCUT2D eigenvalue weighted by molar-refractivity contribution is 6.31. The molecule has 0 fully saturated rings. The number of methoxy groups -OCH3 is 1. The lowest BCUT2D eigenvalue weighted by atomic mass is 10.1. The summed E-state index contributed by atoms with van der Waals surface area (Å²) in [6.45, 7) is 1.16. The molecule has 0 radical (unpaired) electrons. The number of H-pyrrole nitrogens is 1. The van der Waals surface area contributed by atoms with Crippen molar-refractivity contribution in [1.82, 2.24) is 14.9 Å². The third-order valence-corrected chi connectivity index (χ3v) is 4.61. The van der Waals surface area contributed by atoms with Gasteiger partial charge in [-0.05, 0) is 18.2 Å². The summed E-state index contributed by atoms with van der Waals surface area (Å²) in [6, 6.07) is 9.07. The molecule has 3 aromatic rings. The van der Waals surface area contributed by atoms with Crippen LogP contribution in [0.4, 0.5) is 10.5 Å². The molecule has 2 N–H and O–H groups in total. The number of benzene rings is 1. The minimum absolute atomic E-state index is 0. The van der Waals surface area contributed by atoms with Gasteiger partial charge in [-0.25, -0.2) is 9.78 Å². The SMILES string of the molecule is COc1cccc(NC(=O)N2CCc3[nH]c4ncc(Cl)cc4c3C2)c1.Cl. The number of amides is 2. The lowest BCUT2D eigenvalue weighted by Gasteiger charge is -2.27. The van der Waals surface area contributed by atoms with E-state index in [9.17, 15) is 4.79 Å².